The van der Waals surface area contributed by atoms with Gasteiger partial charge >= 0.3 is 0 Å². The number of carbonyl (C=O) groups is 2. The average Bonchev–Trinajstić information content (AvgIpc) is 3.11. The Kier molecular flexibility index (Phi) is 6.11. The quantitative estimate of drug-likeness (QED) is 0.844. The van der Waals surface area contributed by atoms with E-state index in [1.54, 1.807) is 20.1 Å². The number of nitrogens with one attached hydrogen (secondary N) is 1. The van der Waals surface area contributed by atoms with Gasteiger partial charge in [-0.1, -0.05) is 17.3 Å². The van der Waals surface area contributed by atoms with Gasteiger partial charge in [0.05, 0.1) is 7.11 Å². The molecule has 0 spiro atoms. The van der Waals surface area contributed by atoms with E-state index in [0.29, 0.717) is 50.4 Å². The molecule has 0 bridgehead atoms. The van der Waals surface area contributed by atoms with Crippen LogP contribution in [0.2, 0.25) is 0 Å². The lowest BCUT2D eigenvalue weighted by Crippen LogP contribution is -2.41. The van der Waals surface area contributed by atoms with Crippen LogP contribution < -0.4 is 10.1 Å². The van der Waals surface area contributed by atoms with Crippen LogP contribution in [0.3, 0.4) is 0 Å². The number of amides is 2. The summed E-state index contributed by atoms with van der Waals surface area (Å²) in [6.45, 7) is 2.99. The summed E-state index contributed by atoms with van der Waals surface area (Å²) in [6, 6.07) is 9.46. The molecule has 0 radical (unpaired) electrons. The van der Waals surface area contributed by atoms with Crippen LogP contribution in [0.4, 0.5) is 5.82 Å². The van der Waals surface area contributed by atoms with Crippen LogP contribution in [0.25, 0.3) is 0 Å². The van der Waals surface area contributed by atoms with Gasteiger partial charge < -0.3 is 19.5 Å². The summed E-state index contributed by atoms with van der Waals surface area (Å²) in [5.41, 5.74) is 1.11. The number of hydrogen-bond donors (Lipinski definition) is 1. The Labute approximate surface area is 158 Å². The van der Waals surface area contributed by atoms with Crippen molar-refractivity contribution in [1.82, 2.24) is 10.1 Å². The number of carbonyl (C=O) groups excluding carboxylic acids is 2. The van der Waals surface area contributed by atoms with Gasteiger partial charge in [-0.25, -0.2) is 0 Å². The third-order valence-corrected chi connectivity index (χ3v) is 4.88. The van der Waals surface area contributed by atoms with Gasteiger partial charge in [-0.3, -0.25) is 9.59 Å². The van der Waals surface area contributed by atoms with Crippen LogP contribution in [-0.2, 0) is 16.0 Å². The highest BCUT2D eigenvalue weighted by Gasteiger charge is 2.27. The molecule has 1 N–H and O–H groups in total. The Bertz CT molecular complexity index is 777. The van der Waals surface area contributed by atoms with Crippen molar-refractivity contribution in [2.24, 2.45) is 5.92 Å². The molecule has 0 aliphatic carbocycles. The van der Waals surface area contributed by atoms with Gasteiger partial charge in [-0.15, -0.1) is 0 Å². The fourth-order valence-electron chi connectivity index (χ4n) is 3.25. The topological polar surface area (TPSA) is 84.7 Å². The summed E-state index contributed by atoms with van der Waals surface area (Å²) in [7, 11) is 1.63. The predicted molar refractivity (Wildman–Crippen MR) is 100 cm³/mol. The van der Waals surface area contributed by atoms with Gasteiger partial charge in [0, 0.05) is 31.5 Å². The highest BCUT2D eigenvalue weighted by molar-refractivity contribution is 5.91. The molecule has 0 saturated carbocycles. The first kappa shape index (κ1) is 18.9. The maximum Gasteiger partial charge on any atom is 0.228 e. The third-order valence-electron chi connectivity index (χ3n) is 4.88. The van der Waals surface area contributed by atoms with Gasteiger partial charge in [-0.05, 0) is 43.9 Å². The zero-order valence-electron chi connectivity index (χ0n) is 15.7. The molecular formula is C20H25N3O4. The number of aryl methyl sites for hydroxylation is 2. The Morgan fingerprint density at radius 3 is 2.56 bits per heavy atom. The number of rotatable bonds is 6. The molecule has 2 amide bonds. The van der Waals surface area contributed by atoms with Crippen molar-refractivity contribution in [2.75, 3.05) is 25.5 Å². The van der Waals surface area contributed by atoms with Crippen molar-refractivity contribution in [2.45, 2.75) is 32.6 Å². The fraction of sp³-hybridized carbons (Fsp3) is 0.450. The van der Waals surface area contributed by atoms with Gasteiger partial charge in [-0.2, -0.15) is 0 Å². The lowest BCUT2D eigenvalue weighted by molar-refractivity contribution is -0.134. The van der Waals surface area contributed by atoms with E-state index >= 15 is 0 Å². The van der Waals surface area contributed by atoms with E-state index in [4.69, 9.17) is 9.26 Å². The standard InChI is InChI=1S/C20H25N3O4/c1-14-13-18(22-27-14)21-20(25)16-9-11-23(12-10-16)19(24)8-5-15-3-6-17(26-2)7-4-15/h3-4,6-7,13,16H,5,8-12H2,1-2H3,(H,21,22,25). The van der Waals surface area contributed by atoms with E-state index in [1.165, 1.54) is 0 Å². The minimum absolute atomic E-state index is 0.0615. The maximum absolute atomic E-state index is 12.4. The minimum Gasteiger partial charge on any atom is -0.497 e. The van der Waals surface area contributed by atoms with Crippen LogP contribution in [0, 0.1) is 12.8 Å². The Morgan fingerprint density at radius 1 is 1.26 bits per heavy atom. The predicted octanol–water partition coefficient (Wildman–Crippen LogP) is 2.80. The number of hydrogen-bond acceptors (Lipinski definition) is 5. The number of likely N-dealkylation sites (tertiary alicyclic amines) is 1. The van der Waals surface area contributed by atoms with Gasteiger partial charge in [0.1, 0.15) is 11.5 Å². The molecule has 1 fully saturated rings. The van der Waals surface area contributed by atoms with Crippen LogP contribution in [0.5, 0.6) is 5.75 Å². The Morgan fingerprint density at radius 2 is 1.96 bits per heavy atom. The molecule has 0 unspecified atom stereocenters. The largest absolute Gasteiger partial charge is 0.497 e. The van der Waals surface area contributed by atoms with Gasteiger partial charge in [0.2, 0.25) is 11.8 Å². The molecule has 0 atom stereocenters. The molecular weight excluding hydrogens is 346 g/mol. The molecule has 1 aromatic heterocycles. The molecule has 27 heavy (non-hydrogen) atoms. The first-order chi connectivity index (χ1) is 13.0. The first-order valence-electron chi connectivity index (χ1n) is 9.20. The average molecular weight is 371 g/mol. The van der Waals surface area contributed by atoms with Crippen LogP contribution in [0.15, 0.2) is 34.9 Å². The highest BCUT2D eigenvalue weighted by Crippen LogP contribution is 2.21. The molecule has 1 aromatic carbocycles. The van der Waals surface area contributed by atoms with Crippen molar-refractivity contribution in [3.05, 3.63) is 41.7 Å². The normalized spacial score (nSPS) is 14.8. The SMILES string of the molecule is COc1ccc(CCC(=O)N2CCC(C(=O)Nc3cc(C)on3)CC2)cc1. The van der Waals surface area contributed by atoms with Gasteiger partial charge in [0.25, 0.3) is 0 Å². The summed E-state index contributed by atoms with van der Waals surface area (Å²) >= 11 is 0. The highest BCUT2D eigenvalue weighted by atomic mass is 16.5. The number of aromatic nitrogens is 1. The second-order valence-corrected chi connectivity index (χ2v) is 6.82. The summed E-state index contributed by atoms with van der Waals surface area (Å²) in [6.07, 6.45) is 2.50. The van der Waals surface area contributed by atoms with Crippen molar-refractivity contribution in [3.8, 4) is 5.75 Å². The summed E-state index contributed by atoms with van der Waals surface area (Å²) in [5, 5.41) is 6.55. The fourth-order valence-corrected chi connectivity index (χ4v) is 3.25. The van der Waals surface area contributed by atoms with E-state index in [2.05, 4.69) is 10.5 Å². The van der Waals surface area contributed by atoms with Gasteiger partial charge in [0.15, 0.2) is 5.82 Å². The number of piperidine rings is 1. The van der Waals surface area contributed by atoms with Crippen LogP contribution in [0.1, 0.15) is 30.6 Å². The molecule has 1 aliphatic heterocycles. The van der Waals surface area contributed by atoms with Crippen LogP contribution in [-0.4, -0.2) is 42.1 Å². The molecule has 2 aromatic rings. The third kappa shape index (κ3) is 5.09. The number of ether oxygens (including phenoxy) is 1. The summed E-state index contributed by atoms with van der Waals surface area (Å²) in [4.78, 5) is 26.6. The van der Waals surface area contributed by atoms with E-state index in [9.17, 15) is 9.59 Å². The molecule has 1 saturated heterocycles. The smallest absolute Gasteiger partial charge is 0.228 e. The monoisotopic (exact) mass is 371 g/mol. The summed E-state index contributed by atoms with van der Waals surface area (Å²) in [5.74, 6) is 1.88. The Balaban J connectivity index is 1.42. The number of nitrogens with zero attached hydrogens (tertiary/aromatic N) is 2. The van der Waals surface area contributed by atoms with E-state index < -0.39 is 0 Å². The Hall–Kier alpha value is -2.83. The van der Waals surface area contributed by atoms with Crippen molar-refractivity contribution in [3.63, 3.8) is 0 Å². The second kappa shape index (κ2) is 8.70. The second-order valence-electron chi connectivity index (χ2n) is 6.82. The number of methoxy groups -OCH3 is 1. The number of benzene rings is 1. The number of anilines is 1. The molecule has 3 rings (SSSR count). The molecule has 1 aliphatic rings. The molecule has 7 nitrogen and oxygen atoms in total. The molecule has 7 heteroatoms. The molecule has 2 heterocycles. The molecule has 144 valence electrons. The zero-order chi connectivity index (χ0) is 19.2. The van der Waals surface area contributed by atoms with Crippen molar-refractivity contribution in [1.29, 1.82) is 0 Å². The zero-order valence-corrected chi connectivity index (χ0v) is 15.7. The van der Waals surface area contributed by atoms with Crippen LogP contribution >= 0.6 is 0 Å². The van der Waals surface area contributed by atoms with E-state index in [-0.39, 0.29) is 17.7 Å². The van der Waals surface area contributed by atoms with Crippen molar-refractivity contribution >= 4 is 17.6 Å². The lowest BCUT2D eigenvalue weighted by atomic mass is 9.95. The van der Waals surface area contributed by atoms with Crippen molar-refractivity contribution < 1.29 is 18.8 Å². The maximum atomic E-state index is 12.4. The minimum atomic E-state index is -0.104. The summed E-state index contributed by atoms with van der Waals surface area (Å²) < 4.78 is 10.1. The van der Waals surface area contributed by atoms with E-state index in [0.717, 1.165) is 11.3 Å². The lowest BCUT2D eigenvalue weighted by Gasteiger charge is -2.31. The van der Waals surface area contributed by atoms with E-state index in [1.807, 2.05) is 29.2 Å². The first-order valence-corrected chi connectivity index (χ1v) is 9.20.